The lowest BCUT2D eigenvalue weighted by Gasteiger charge is -2.26. The molecule has 1 aliphatic rings. The molecule has 0 radical (unpaired) electrons. The molecular weight excluding hydrogens is 328 g/mol. The Bertz CT molecular complexity index is 713. The minimum absolute atomic E-state index is 0.194. The van der Waals surface area contributed by atoms with Crippen LogP contribution in [0.4, 0.5) is 4.79 Å². The molecule has 134 valence electrons. The van der Waals surface area contributed by atoms with Gasteiger partial charge in [-0.2, -0.15) is 0 Å². The number of hydrogen-bond acceptors (Lipinski definition) is 6. The van der Waals surface area contributed by atoms with Crippen LogP contribution in [0, 0.1) is 0 Å². The Morgan fingerprint density at radius 2 is 1.96 bits per heavy atom. The van der Waals surface area contributed by atoms with Gasteiger partial charge in [0.25, 0.3) is 0 Å². The summed E-state index contributed by atoms with van der Waals surface area (Å²) in [5.74, 6) is -0.658. The quantitative estimate of drug-likeness (QED) is 0.753. The SMILES string of the molecule is CCOC(=O)C1=C(COC(=O)c2cccc(OC)c2)NC(=O)N[C@H]1C. The third-order valence-electron chi connectivity index (χ3n) is 3.52. The number of nitrogens with one attached hydrogen (secondary N) is 2. The fourth-order valence-electron chi connectivity index (χ4n) is 2.36. The van der Waals surface area contributed by atoms with E-state index in [9.17, 15) is 14.4 Å². The molecule has 0 bridgehead atoms. The molecule has 1 aromatic rings. The predicted octanol–water partition coefficient (Wildman–Crippen LogP) is 1.37. The lowest BCUT2D eigenvalue weighted by Crippen LogP contribution is -2.50. The van der Waals surface area contributed by atoms with Crippen LogP contribution in [0.3, 0.4) is 0 Å². The van der Waals surface area contributed by atoms with Gasteiger partial charge in [-0.25, -0.2) is 14.4 Å². The highest BCUT2D eigenvalue weighted by Gasteiger charge is 2.30. The molecule has 1 aromatic carbocycles. The largest absolute Gasteiger partial charge is 0.497 e. The van der Waals surface area contributed by atoms with Crippen molar-refractivity contribution < 1.29 is 28.6 Å². The number of amides is 2. The van der Waals surface area contributed by atoms with Crippen molar-refractivity contribution in [3.8, 4) is 5.75 Å². The summed E-state index contributed by atoms with van der Waals surface area (Å²) in [7, 11) is 1.49. The zero-order chi connectivity index (χ0) is 18.4. The molecule has 0 aromatic heterocycles. The fourth-order valence-corrected chi connectivity index (χ4v) is 2.36. The van der Waals surface area contributed by atoms with Gasteiger partial charge >= 0.3 is 18.0 Å². The summed E-state index contributed by atoms with van der Waals surface area (Å²) in [6, 6.07) is 5.44. The molecule has 8 nitrogen and oxygen atoms in total. The van der Waals surface area contributed by atoms with Crippen molar-refractivity contribution in [1.82, 2.24) is 10.6 Å². The third kappa shape index (κ3) is 4.50. The Balaban J connectivity index is 2.16. The predicted molar refractivity (Wildman–Crippen MR) is 88.1 cm³/mol. The fraction of sp³-hybridized carbons (Fsp3) is 0.353. The van der Waals surface area contributed by atoms with Gasteiger partial charge in [-0.1, -0.05) is 6.07 Å². The van der Waals surface area contributed by atoms with Crippen LogP contribution in [-0.2, 0) is 14.3 Å². The van der Waals surface area contributed by atoms with E-state index in [1.165, 1.54) is 13.2 Å². The molecule has 25 heavy (non-hydrogen) atoms. The van der Waals surface area contributed by atoms with Crippen LogP contribution in [0.15, 0.2) is 35.5 Å². The van der Waals surface area contributed by atoms with Gasteiger partial charge in [-0.15, -0.1) is 0 Å². The molecule has 8 heteroatoms. The molecule has 0 saturated carbocycles. The minimum atomic E-state index is -0.602. The van der Waals surface area contributed by atoms with E-state index in [-0.39, 0.29) is 24.5 Å². The molecule has 1 aliphatic heterocycles. The Kier molecular flexibility index (Phi) is 5.99. The number of benzene rings is 1. The van der Waals surface area contributed by atoms with Crippen LogP contribution in [0.25, 0.3) is 0 Å². The van der Waals surface area contributed by atoms with E-state index < -0.39 is 24.0 Å². The number of hydrogen-bond donors (Lipinski definition) is 2. The maximum absolute atomic E-state index is 12.2. The Morgan fingerprint density at radius 1 is 1.20 bits per heavy atom. The zero-order valence-electron chi connectivity index (χ0n) is 14.3. The standard InChI is InChI=1S/C17H20N2O6/c1-4-24-16(21)14-10(2)18-17(22)19-13(14)9-25-15(20)11-6-5-7-12(8-11)23-3/h5-8,10H,4,9H2,1-3H3,(H2,18,19,22)/t10-/m0/s1. The molecule has 2 rings (SSSR count). The molecule has 2 amide bonds. The number of urea groups is 1. The summed E-state index contributed by atoms with van der Waals surface area (Å²) in [5, 5.41) is 5.06. The van der Waals surface area contributed by atoms with Gasteiger partial charge < -0.3 is 24.8 Å². The number of rotatable bonds is 6. The van der Waals surface area contributed by atoms with E-state index in [1.54, 1.807) is 32.0 Å². The number of methoxy groups -OCH3 is 1. The van der Waals surface area contributed by atoms with Gasteiger partial charge in [0, 0.05) is 0 Å². The monoisotopic (exact) mass is 348 g/mol. The summed E-state index contributed by atoms with van der Waals surface area (Å²) in [4.78, 5) is 35.9. The molecule has 2 N–H and O–H groups in total. The molecule has 0 saturated heterocycles. The van der Waals surface area contributed by atoms with E-state index >= 15 is 0 Å². The summed E-state index contributed by atoms with van der Waals surface area (Å²) in [6.45, 7) is 3.26. The number of esters is 2. The number of carbonyl (C=O) groups excluding carboxylic acids is 3. The molecule has 0 fully saturated rings. The van der Waals surface area contributed by atoms with E-state index in [4.69, 9.17) is 14.2 Å². The highest BCUT2D eigenvalue weighted by Crippen LogP contribution is 2.17. The van der Waals surface area contributed by atoms with Crippen LogP contribution in [0.2, 0.25) is 0 Å². The molecule has 0 unspecified atom stereocenters. The van der Waals surface area contributed by atoms with Crippen molar-refractivity contribution in [2.75, 3.05) is 20.3 Å². The van der Waals surface area contributed by atoms with E-state index in [0.29, 0.717) is 11.3 Å². The number of ether oxygens (including phenoxy) is 3. The van der Waals surface area contributed by atoms with Gasteiger partial charge in [0.1, 0.15) is 12.4 Å². The minimum Gasteiger partial charge on any atom is -0.497 e. The highest BCUT2D eigenvalue weighted by atomic mass is 16.5. The molecular formula is C17H20N2O6. The van der Waals surface area contributed by atoms with E-state index in [2.05, 4.69) is 10.6 Å². The first-order valence-corrected chi connectivity index (χ1v) is 7.75. The maximum atomic E-state index is 12.2. The topological polar surface area (TPSA) is 103 Å². The molecule has 1 heterocycles. The molecule has 0 aliphatic carbocycles. The van der Waals surface area contributed by atoms with Gasteiger partial charge in [-0.05, 0) is 32.0 Å². The second-order valence-corrected chi connectivity index (χ2v) is 5.24. The maximum Gasteiger partial charge on any atom is 0.338 e. The number of carbonyl (C=O) groups is 3. The second-order valence-electron chi connectivity index (χ2n) is 5.24. The smallest absolute Gasteiger partial charge is 0.338 e. The van der Waals surface area contributed by atoms with Crippen molar-refractivity contribution in [3.05, 3.63) is 41.1 Å². The van der Waals surface area contributed by atoms with Crippen molar-refractivity contribution in [1.29, 1.82) is 0 Å². The first-order valence-electron chi connectivity index (χ1n) is 7.75. The van der Waals surface area contributed by atoms with Crippen LogP contribution >= 0.6 is 0 Å². The average Bonchev–Trinajstić information content (AvgIpc) is 2.59. The summed E-state index contributed by atoms with van der Waals surface area (Å²) >= 11 is 0. The Morgan fingerprint density at radius 3 is 2.64 bits per heavy atom. The lowest BCUT2D eigenvalue weighted by molar-refractivity contribution is -0.139. The summed E-state index contributed by atoms with van der Waals surface area (Å²) in [6.07, 6.45) is 0. The first kappa shape index (κ1) is 18.3. The van der Waals surface area contributed by atoms with Crippen molar-refractivity contribution in [2.24, 2.45) is 0 Å². The van der Waals surface area contributed by atoms with Crippen LogP contribution in [0.5, 0.6) is 5.75 Å². The van der Waals surface area contributed by atoms with E-state index in [0.717, 1.165) is 0 Å². The van der Waals surface area contributed by atoms with Gasteiger partial charge in [0.05, 0.1) is 36.6 Å². The molecule has 1 atom stereocenters. The van der Waals surface area contributed by atoms with E-state index in [1.807, 2.05) is 0 Å². The van der Waals surface area contributed by atoms with Gasteiger partial charge in [0.2, 0.25) is 0 Å². The Hall–Kier alpha value is -3.03. The van der Waals surface area contributed by atoms with Crippen molar-refractivity contribution >= 4 is 18.0 Å². The summed E-state index contributed by atoms with van der Waals surface area (Å²) in [5.41, 5.74) is 0.719. The summed E-state index contributed by atoms with van der Waals surface area (Å²) < 4.78 is 15.3. The highest BCUT2D eigenvalue weighted by molar-refractivity contribution is 5.95. The normalized spacial score (nSPS) is 16.6. The molecule has 0 spiro atoms. The van der Waals surface area contributed by atoms with Crippen LogP contribution in [-0.4, -0.2) is 44.3 Å². The average molecular weight is 348 g/mol. The second kappa shape index (κ2) is 8.18. The third-order valence-corrected chi connectivity index (χ3v) is 3.52. The Labute approximate surface area is 145 Å². The van der Waals surface area contributed by atoms with Gasteiger partial charge in [-0.3, -0.25) is 0 Å². The van der Waals surface area contributed by atoms with Crippen molar-refractivity contribution in [3.63, 3.8) is 0 Å². The van der Waals surface area contributed by atoms with Gasteiger partial charge in [0.15, 0.2) is 0 Å². The van der Waals surface area contributed by atoms with Crippen LogP contribution in [0.1, 0.15) is 24.2 Å². The lowest BCUT2D eigenvalue weighted by atomic mass is 10.0. The van der Waals surface area contributed by atoms with Crippen molar-refractivity contribution in [2.45, 2.75) is 19.9 Å². The first-order chi connectivity index (χ1) is 12.0. The zero-order valence-corrected chi connectivity index (χ0v) is 14.3. The van der Waals surface area contributed by atoms with Crippen LogP contribution < -0.4 is 15.4 Å².